The maximum atomic E-state index is 12.0. The molecule has 0 aliphatic rings. The third-order valence-electron chi connectivity index (χ3n) is 3.90. The van der Waals surface area contributed by atoms with Gasteiger partial charge in [-0.1, -0.05) is 5.16 Å². The second kappa shape index (κ2) is 6.11. The zero-order chi connectivity index (χ0) is 15.6. The van der Waals surface area contributed by atoms with E-state index in [9.17, 15) is 4.79 Å². The summed E-state index contributed by atoms with van der Waals surface area (Å²) in [5.41, 5.74) is 5.05. The van der Waals surface area contributed by atoms with Gasteiger partial charge in [-0.3, -0.25) is 9.48 Å². The van der Waals surface area contributed by atoms with Gasteiger partial charge in [0, 0.05) is 31.3 Å². The van der Waals surface area contributed by atoms with E-state index in [0.29, 0.717) is 19.4 Å². The number of hydrogen-bond donors (Lipinski definition) is 1. The highest BCUT2D eigenvalue weighted by molar-refractivity contribution is 5.76. The number of aryl methyl sites for hydroxylation is 4. The average Bonchev–Trinajstić information content (AvgIpc) is 2.87. The van der Waals surface area contributed by atoms with Gasteiger partial charge in [0.15, 0.2) is 0 Å². The first kappa shape index (κ1) is 15.3. The van der Waals surface area contributed by atoms with E-state index in [4.69, 9.17) is 4.52 Å². The van der Waals surface area contributed by atoms with Gasteiger partial charge in [0.2, 0.25) is 5.91 Å². The molecule has 0 atom stereocenters. The zero-order valence-electron chi connectivity index (χ0n) is 13.3. The highest BCUT2D eigenvalue weighted by Gasteiger charge is 2.13. The van der Waals surface area contributed by atoms with E-state index < -0.39 is 0 Å². The fourth-order valence-electron chi connectivity index (χ4n) is 2.45. The van der Waals surface area contributed by atoms with Gasteiger partial charge in [-0.15, -0.1) is 0 Å². The number of nitrogens with zero attached hydrogens (tertiary/aromatic N) is 3. The maximum Gasteiger partial charge on any atom is 0.220 e. The number of carbonyl (C=O) groups is 1. The monoisotopic (exact) mass is 290 g/mol. The summed E-state index contributed by atoms with van der Waals surface area (Å²) in [4.78, 5) is 12.0. The molecule has 0 aliphatic heterocycles. The fourth-order valence-corrected chi connectivity index (χ4v) is 2.45. The minimum atomic E-state index is 0.0256. The van der Waals surface area contributed by atoms with Crippen molar-refractivity contribution in [3.05, 3.63) is 34.0 Å². The van der Waals surface area contributed by atoms with Crippen LogP contribution in [-0.2, 0) is 24.8 Å². The Hall–Kier alpha value is -2.11. The van der Waals surface area contributed by atoms with E-state index in [1.54, 1.807) is 0 Å². The predicted molar refractivity (Wildman–Crippen MR) is 78.8 cm³/mol. The lowest BCUT2D eigenvalue weighted by Crippen LogP contribution is -2.23. The van der Waals surface area contributed by atoms with Crippen LogP contribution >= 0.6 is 0 Å². The molecule has 21 heavy (non-hydrogen) atoms. The molecule has 6 heteroatoms. The number of rotatable bonds is 5. The smallest absolute Gasteiger partial charge is 0.220 e. The third-order valence-corrected chi connectivity index (χ3v) is 3.90. The summed E-state index contributed by atoms with van der Waals surface area (Å²) in [6.07, 6.45) is 1.16. The maximum absolute atomic E-state index is 12.0. The van der Waals surface area contributed by atoms with Crippen LogP contribution in [0.5, 0.6) is 0 Å². The summed E-state index contributed by atoms with van der Waals surface area (Å²) in [6, 6.07) is 0. The Bertz CT molecular complexity index is 635. The lowest BCUT2D eigenvalue weighted by Gasteiger charge is -2.05. The first-order chi connectivity index (χ1) is 9.90. The molecule has 2 aromatic rings. The normalized spacial score (nSPS) is 10.9. The standard InChI is InChI=1S/C15H22N4O2/c1-9-13(11(3)19(5)17-9)6-7-15(20)16-8-14-10(2)18-21-12(14)4/h6-8H2,1-5H3,(H,16,20). The molecule has 6 nitrogen and oxygen atoms in total. The first-order valence-electron chi connectivity index (χ1n) is 7.07. The zero-order valence-corrected chi connectivity index (χ0v) is 13.3. The summed E-state index contributed by atoms with van der Waals surface area (Å²) >= 11 is 0. The molecule has 0 bridgehead atoms. The fraction of sp³-hybridized carbons (Fsp3) is 0.533. The lowest BCUT2D eigenvalue weighted by molar-refractivity contribution is -0.121. The van der Waals surface area contributed by atoms with Gasteiger partial charge in [-0.25, -0.2) is 0 Å². The van der Waals surface area contributed by atoms with Crippen LogP contribution in [0.25, 0.3) is 0 Å². The molecule has 114 valence electrons. The number of aromatic nitrogens is 3. The van der Waals surface area contributed by atoms with Gasteiger partial charge in [0.05, 0.1) is 11.4 Å². The Morgan fingerprint density at radius 1 is 1.19 bits per heavy atom. The van der Waals surface area contributed by atoms with Gasteiger partial charge in [-0.2, -0.15) is 5.10 Å². The van der Waals surface area contributed by atoms with Crippen LogP contribution in [0.1, 0.15) is 40.4 Å². The molecule has 0 aliphatic carbocycles. The van der Waals surface area contributed by atoms with Crippen LogP contribution in [-0.4, -0.2) is 20.8 Å². The minimum absolute atomic E-state index is 0.0256. The quantitative estimate of drug-likeness (QED) is 0.912. The van der Waals surface area contributed by atoms with E-state index in [-0.39, 0.29) is 5.91 Å². The number of nitrogens with one attached hydrogen (secondary N) is 1. The summed E-state index contributed by atoms with van der Waals surface area (Å²) < 4.78 is 6.93. The van der Waals surface area contributed by atoms with Gasteiger partial charge in [0.1, 0.15) is 5.76 Å². The van der Waals surface area contributed by atoms with E-state index in [0.717, 1.165) is 34.0 Å². The van der Waals surface area contributed by atoms with E-state index in [1.807, 2.05) is 39.4 Å². The summed E-state index contributed by atoms with van der Waals surface area (Å²) in [7, 11) is 1.92. The Morgan fingerprint density at radius 2 is 1.90 bits per heavy atom. The molecule has 1 N–H and O–H groups in total. The Kier molecular flexibility index (Phi) is 4.45. The number of amides is 1. The van der Waals surface area contributed by atoms with Crippen molar-refractivity contribution in [3.8, 4) is 0 Å². The molecule has 1 amide bonds. The Morgan fingerprint density at radius 3 is 2.43 bits per heavy atom. The third kappa shape index (κ3) is 3.32. The highest BCUT2D eigenvalue weighted by Crippen LogP contribution is 2.14. The van der Waals surface area contributed by atoms with Crippen LogP contribution in [0, 0.1) is 27.7 Å². The number of hydrogen-bond acceptors (Lipinski definition) is 4. The molecule has 2 heterocycles. The van der Waals surface area contributed by atoms with Crippen molar-refractivity contribution in [3.63, 3.8) is 0 Å². The van der Waals surface area contributed by atoms with E-state index in [1.165, 1.54) is 0 Å². The first-order valence-corrected chi connectivity index (χ1v) is 7.07. The molecular formula is C15H22N4O2. The number of carbonyl (C=O) groups excluding carboxylic acids is 1. The van der Waals surface area contributed by atoms with Crippen molar-refractivity contribution in [2.45, 2.75) is 47.1 Å². The predicted octanol–water partition coefficient (Wildman–Crippen LogP) is 1.89. The molecule has 2 aromatic heterocycles. The Labute approximate surface area is 124 Å². The van der Waals surface area contributed by atoms with Crippen LogP contribution < -0.4 is 5.32 Å². The molecule has 0 saturated heterocycles. The van der Waals surface area contributed by atoms with Crippen molar-refractivity contribution in [2.24, 2.45) is 7.05 Å². The van der Waals surface area contributed by atoms with Crippen LogP contribution in [0.4, 0.5) is 0 Å². The topological polar surface area (TPSA) is 73.0 Å². The lowest BCUT2D eigenvalue weighted by atomic mass is 10.1. The molecule has 0 radical (unpaired) electrons. The molecular weight excluding hydrogens is 268 g/mol. The summed E-state index contributed by atoms with van der Waals surface area (Å²) in [6.45, 7) is 8.19. The van der Waals surface area contributed by atoms with Gasteiger partial charge in [-0.05, 0) is 39.7 Å². The summed E-state index contributed by atoms with van der Waals surface area (Å²) in [5.74, 6) is 0.782. The second-order valence-corrected chi connectivity index (χ2v) is 5.35. The van der Waals surface area contributed by atoms with Crippen molar-refractivity contribution >= 4 is 5.91 Å². The molecule has 0 aromatic carbocycles. The van der Waals surface area contributed by atoms with Gasteiger partial charge < -0.3 is 9.84 Å². The molecule has 0 fully saturated rings. The van der Waals surface area contributed by atoms with E-state index in [2.05, 4.69) is 15.6 Å². The summed E-state index contributed by atoms with van der Waals surface area (Å²) in [5, 5.41) is 11.2. The molecule has 0 unspecified atom stereocenters. The SMILES string of the molecule is Cc1noc(C)c1CNC(=O)CCc1c(C)nn(C)c1C. The highest BCUT2D eigenvalue weighted by atomic mass is 16.5. The van der Waals surface area contributed by atoms with Crippen molar-refractivity contribution in [1.29, 1.82) is 0 Å². The average molecular weight is 290 g/mol. The van der Waals surface area contributed by atoms with Gasteiger partial charge >= 0.3 is 0 Å². The van der Waals surface area contributed by atoms with Crippen LogP contribution in [0.3, 0.4) is 0 Å². The van der Waals surface area contributed by atoms with E-state index >= 15 is 0 Å². The van der Waals surface area contributed by atoms with Gasteiger partial charge in [0.25, 0.3) is 0 Å². The van der Waals surface area contributed by atoms with Crippen molar-refractivity contribution < 1.29 is 9.32 Å². The van der Waals surface area contributed by atoms with Crippen molar-refractivity contribution in [1.82, 2.24) is 20.3 Å². The molecule has 0 spiro atoms. The van der Waals surface area contributed by atoms with Crippen LogP contribution in [0.15, 0.2) is 4.52 Å². The van der Waals surface area contributed by atoms with Crippen molar-refractivity contribution in [2.75, 3.05) is 0 Å². The Balaban J connectivity index is 1.88. The second-order valence-electron chi connectivity index (χ2n) is 5.35. The largest absolute Gasteiger partial charge is 0.361 e. The molecule has 2 rings (SSSR count). The van der Waals surface area contributed by atoms with Crippen LogP contribution in [0.2, 0.25) is 0 Å². The molecule has 0 saturated carbocycles. The minimum Gasteiger partial charge on any atom is -0.361 e.